The second-order valence-electron chi connectivity index (χ2n) is 12.3. The number of hydrogen-bond donors (Lipinski definition) is 6. The third kappa shape index (κ3) is 8.48. The zero-order chi connectivity index (χ0) is 39.4. The Morgan fingerprint density at radius 3 is 1.98 bits per heavy atom. The van der Waals surface area contributed by atoms with Crippen molar-refractivity contribution in [2.75, 3.05) is 7.11 Å². The SMILES string of the molecule is COc1cc(C=CC(=O)O[C@@H]2[C@@H](O)[C@@H](OC(=O)C=Cc3ccc(O)cc3)[C@H](Oc3c(-c4ccc(O)cc4)oc4cc(O)cc(O)c4c3=O)O[C@H]2C)ccc1O. The van der Waals surface area contributed by atoms with Crippen LogP contribution in [0.25, 0.3) is 34.4 Å². The average Bonchev–Trinajstić information content (AvgIpc) is 3.15. The lowest BCUT2D eigenvalue weighted by atomic mass is 9.99. The lowest BCUT2D eigenvalue weighted by Gasteiger charge is -2.41. The van der Waals surface area contributed by atoms with Gasteiger partial charge >= 0.3 is 11.9 Å². The predicted molar refractivity (Wildman–Crippen MR) is 194 cm³/mol. The van der Waals surface area contributed by atoms with Gasteiger partial charge in [0, 0.05) is 29.8 Å². The lowest BCUT2D eigenvalue weighted by molar-refractivity contribution is -0.275. The smallest absolute Gasteiger partial charge is 0.331 e. The number of aromatic hydroxyl groups is 5. The van der Waals surface area contributed by atoms with E-state index in [1.807, 2.05) is 0 Å². The summed E-state index contributed by atoms with van der Waals surface area (Å²) in [6.07, 6.45) is -3.12. The molecule has 0 bridgehead atoms. The Morgan fingerprint density at radius 1 is 0.727 bits per heavy atom. The third-order valence-corrected chi connectivity index (χ3v) is 8.46. The van der Waals surface area contributed by atoms with Crippen molar-refractivity contribution < 1.29 is 68.3 Å². The maximum absolute atomic E-state index is 14.0. The van der Waals surface area contributed by atoms with Crippen LogP contribution in [-0.4, -0.2) is 80.4 Å². The third-order valence-electron chi connectivity index (χ3n) is 8.46. The van der Waals surface area contributed by atoms with E-state index in [4.69, 9.17) is 28.1 Å². The van der Waals surface area contributed by atoms with Gasteiger partial charge in [-0.05, 0) is 78.7 Å². The number of benzene rings is 4. The van der Waals surface area contributed by atoms with Gasteiger partial charge in [-0.2, -0.15) is 0 Å². The molecule has 5 atom stereocenters. The van der Waals surface area contributed by atoms with E-state index in [2.05, 4.69) is 0 Å². The molecule has 0 spiro atoms. The minimum absolute atomic E-state index is 0.00417. The van der Waals surface area contributed by atoms with Gasteiger partial charge in [0.25, 0.3) is 0 Å². The molecule has 1 aliphatic heterocycles. The van der Waals surface area contributed by atoms with E-state index in [0.717, 1.165) is 24.3 Å². The first kappa shape index (κ1) is 37.8. The van der Waals surface area contributed by atoms with Crippen LogP contribution in [-0.2, 0) is 23.8 Å². The van der Waals surface area contributed by atoms with E-state index >= 15 is 0 Å². The maximum atomic E-state index is 14.0. The number of phenols is 5. The fourth-order valence-corrected chi connectivity index (χ4v) is 5.73. The predicted octanol–water partition coefficient (Wildman–Crippen LogP) is 4.73. The molecule has 0 amide bonds. The number of methoxy groups -OCH3 is 1. The molecule has 4 aromatic carbocycles. The summed E-state index contributed by atoms with van der Waals surface area (Å²) in [4.78, 5) is 40.2. The molecule has 15 nitrogen and oxygen atoms in total. The molecule has 0 radical (unpaired) electrons. The second kappa shape index (κ2) is 16.0. The van der Waals surface area contributed by atoms with Gasteiger partial charge in [0.1, 0.15) is 40.1 Å². The van der Waals surface area contributed by atoms with Gasteiger partial charge in [-0.3, -0.25) is 4.79 Å². The van der Waals surface area contributed by atoms with E-state index in [1.165, 1.54) is 92.9 Å². The molecule has 0 saturated carbocycles. The van der Waals surface area contributed by atoms with Crippen molar-refractivity contribution in [2.24, 2.45) is 0 Å². The van der Waals surface area contributed by atoms with E-state index < -0.39 is 65.3 Å². The minimum atomic E-state index is -1.82. The zero-order valence-electron chi connectivity index (χ0n) is 29.1. The molecule has 15 heteroatoms. The number of fused-ring (bicyclic) bond motifs is 1. The van der Waals surface area contributed by atoms with Crippen molar-refractivity contribution in [3.05, 3.63) is 112 Å². The number of phenolic OH excluding ortho intramolecular Hbond substituents is 5. The van der Waals surface area contributed by atoms with Crippen LogP contribution in [0.3, 0.4) is 0 Å². The van der Waals surface area contributed by atoms with Crippen LogP contribution in [0.5, 0.6) is 40.2 Å². The van der Waals surface area contributed by atoms with Crippen LogP contribution in [0.2, 0.25) is 0 Å². The van der Waals surface area contributed by atoms with Crippen molar-refractivity contribution in [1.82, 2.24) is 0 Å². The quantitative estimate of drug-likeness (QED) is 0.0836. The number of esters is 2. The molecule has 0 aliphatic carbocycles. The van der Waals surface area contributed by atoms with Crippen molar-refractivity contribution >= 4 is 35.1 Å². The van der Waals surface area contributed by atoms with Gasteiger partial charge in [-0.15, -0.1) is 0 Å². The number of hydrogen-bond acceptors (Lipinski definition) is 15. The molecule has 6 rings (SSSR count). The fourth-order valence-electron chi connectivity index (χ4n) is 5.73. The zero-order valence-corrected chi connectivity index (χ0v) is 29.1. The highest BCUT2D eigenvalue weighted by Gasteiger charge is 2.49. The number of ether oxygens (including phenoxy) is 5. The first-order chi connectivity index (χ1) is 26.3. The molecular weight excluding hydrogens is 720 g/mol. The monoisotopic (exact) mass is 754 g/mol. The number of carbonyl (C=O) groups is 2. The molecule has 6 N–H and O–H groups in total. The second-order valence-corrected chi connectivity index (χ2v) is 12.3. The summed E-state index contributed by atoms with van der Waals surface area (Å²) in [6, 6.07) is 17.7. The summed E-state index contributed by atoms with van der Waals surface area (Å²) in [5.74, 6) is -3.83. The van der Waals surface area contributed by atoms with Crippen LogP contribution >= 0.6 is 0 Å². The van der Waals surface area contributed by atoms with Crippen LogP contribution in [0.1, 0.15) is 18.1 Å². The Bertz CT molecular complexity index is 2330. The van der Waals surface area contributed by atoms with Crippen LogP contribution in [0, 0.1) is 0 Å². The maximum Gasteiger partial charge on any atom is 0.331 e. The number of aliphatic hydroxyl groups excluding tert-OH is 1. The summed E-state index contributed by atoms with van der Waals surface area (Å²) in [5.41, 5.74) is 0.0352. The number of rotatable bonds is 10. The topological polar surface area (TPSA) is 232 Å². The molecule has 1 aromatic heterocycles. The molecule has 1 fully saturated rings. The Labute approximate surface area is 311 Å². The summed E-state index contributed by atoms with van der Waals surface area (Å²) >= 11 is 0. The molecule has 55 heavy (non-hydrogen) atoms. The largest absolute Gasteiger partial charge is 0.508 e. The van der Waals surface area contributed by atoms with Gasteiger partial charge in [-0.25, -0.2) is 9.59 Å². The summed E-state index contributed by atoms with van der Waals surface area (Å²) < 4.78 is 34.3. The Kier molecular flexibility index (Phi) is 11.0. The minimum Gasteiger partial charge on any atom is -0.508 e. The normalized spacial score (nSPS) is 19.7. The van der Waals surface area contributed by atoms with Crippen molar-refractivity contribution in [1.29, 1.82) is 0 Å². The van der Waals surface area contributed by atoms with Crippen LogP contribution in [0.15, 0.2) is 100 Å². The first-order valence-corrected chi connectivity index (χ1v) is 16.6. The van der Waals surface area contributed by atoms with Crippen molar-refractivity contribution in [2.45, 2.75) is 37.6 Å². The fraction of sp³-hybridized carbons (Fsp3) is 0.175. The Balaban J connectivity index is 1.34. The highest BCUT2D eigenvalue weighted by atomic mass is 16.7. The molecule has 0 unspecified atom stereocenters. The summed E-state index contributed by atoms with van der Waals surface area (Å²) in [5, 5.41) is 61.3. The van der Waals surface area contributed by atoms with E-state index in [9.17, 15) is 45.0 Å². The molecular formula is C40H34O15. The van der Waals surface area contributed by atoms with Gasteiger partial charge in [-0.1, -0.05) is 18.2 Å². The van der Waals surface area contributed by atoms with E-state index in [0.29, 0.717) is 11.1 Å². The lowest BCUT2D eigenvalue weighted by Crippen LogP contribution is -2.61. The first-order valence-electron chi connectivity index (χ1n) is 16.6. The van der Waals surface area contributed by atoms with Gasteiger partial charge in [0.15, 0.2) is 29.5 Å². The molecule has 284 valence electrons. The Hall–Kier alpha value is -6.97. The summed E-state index contributed by atoms with van der Waals surface area (Å²) in [7, 11) is 1.36. The standard InChI is InChI=1S/C40H34O15/c1-20-36(53-31(46)16-7-22-5-14-27(44)29(17-22)50-2)35(49)39(54-32(47)15-6-21-3-10-24(41)11-4-21)40(51-20)55-38-34(48)33-28(45)18-26(43)19-30(33)52-37(38)23-8-12-25(42)13-9-23/h3-20,35-36,39-45,49H,1-2H3/t20-,35+,36-,39+,40-/m0/s1. The van der Waals surface area contributed by atoms with Gasteiger partial charge < -0.3 is 58.7 Å². The molecule has 5 aromatic rings. The van der Waals surface area contributed by atoms with Gasteiger partial charge in [0.2, 0.25) is 17.5 Å². The van der Waals surface area contributed by atoms with E-state index in [1.54, 1.807) is 0 Å². The average molecular weight is 755 g/mol. The summed E-state index contributed by atoms with van der Waals surface area (Å²) in [6.45, 7) is 1.44. The van der Waals surface area contributed by atoms with Crippen molar-refractivity contribution in [3.63, 3.8) is 0 Å². The van der Waals surface area contributed by atoms with Crippen LogP contribution < -0.4 is 14.9 Å². The number of aliphatic hydroxyl groups is 1. The van der Waals surface area contributed by atoms with Crippen LogP contribution in [0.4, 0.5) is 0 Å². The molecule has 1 aliphatic rings. The highest BCUT2D eigenvalue weighted by molar-refractivity contribution is 5.89. The van der Waals surface area contributed by atoms with E-state index in [-0.39, 0.29) is 45.3 Å². The highest BCUT2D eigenvalue weighted by Crippen LogP contribution is 2.38. The number of carbonyl (C=O) groups excluding carboxylic acids is 2. The Morgan fingerprint density at radius 2 is 1.33 bits per heavy atom. The molecule has 2 heterocycles. The van der Waals surface area contributed by atoms with Crippen molar-refractivity contribution in [3.8, 4) is 51.6 Å². The van der Waals surface area contributed by atoms with Gasteiger partial charge in [0.05, 0.1) is 13.2 Å². The molecule has 1 saturated heterocycles.